The number of aryl methyl sites for hydroxylation is 1. The summed E-state index contributed by atoms with van der Waals surface area (Å²) in [5.74, 6) is 6.46. The summed E-state index contributed by atoms with van der Waals surface area (Å²) in [6.45, 7) is 9.74. The summed E-state index contributed by atoms with van der Waals surface area (Å²) in [6.07, 6.45) is 0.470. The molecule has 0 saturated heterocycles. The third-order valence-electron chi connectivity index (χ3n) is 3.19. The second-order valence-electron chi connectivity index (χ2n) is 5.54. The van der Waals surface area contributed by atoms with Crippen LogP contribution in [0.15, 0.2) is 18.2 Å². The van der Waals surface area contributed by atoms with Crippen molar-refractivity contribution in [3.05, 3.63) is 34.9 Å². The Balaban J connectivity index is 2.92. The quantitative estimate of drug-likeness (QED) is 0.846. The van der Waals surface area contributed by atoms with E-state index in [1.807, 2.05) is 36.9 Å². The molecule has 0 bridgehead atoms. The van der Waals surface area contributed by atoms with Gasteiger partial charge in [-0.15, -0.1) is 0 Å². The van der Waals surface area contributed by atoms with Gasteiger partial charge >= 0.3 is 0 Å². The van der Waals surface area contributed by atoms with E-state index in [2.05, 4.69) is 25.7 Å². The summed E-state index contributed by atoms with van der Waals surface area (Å²) in [6, 6.07) is 5.62. The van der Waals surface area contributed by atoms with Crippen molar-refractivity contribution in [2.24, 2.45) is 5.92 Å². The Kier molecular flexibility index (Phi) is 6.98. The highest BCUT2D eigenvalue weighted by molar-refractivity contribution is 5.94. The van der Waals surface area contributed by atoms with E-state index in [0.717, 1.165) is 17.7 Å². The van der Waals surface area contributed by atoms with Crippen molar-refractivity contribution < 1.29 is 9.90 Å². The van der Waals surface area contributed by atoms with Crippen LogP contribution in [-0.2, 0) is 0 Å². The molecule has 0 fully saturated rings. The fourth-order valence-corrected chi connectivity index (χ4v) is 2.13. The number of carbonyl (C=O) groups excluding carboxylic acids is 1. The first-order valence-electron chi connectivity index (χ1n) is 7.49. The zero-order chi connectivity index (χ0) is 15.8. The smallest absolute Gasteiger partial charge is 0.253 e. The van der Waals surface area contributed by atoms with Crippen molar-refractivity contribution in [1.82, 2.24) is 4.90 Å². The number of benzene rings is 1. The van der Waals surface area contributed by atoms with Gasteiger partial charge in [-0.3, -0.25) is 4.79 Å². The predicted molar refractivity (Wildman–Crippen MR) is 86.2 cm³/mol. The summed E-state index contributed by atoms with van der Waals surface area (Å²) in [5.41, 5.74) is 2.61. The summed E-state index contributed by atoms with van der Waals surface area (Å²) >= 11 is 0. The second-order valence-corrected chi connectivity index (χ2v) is 5.54. The molecule has 0 spiro atoms. The predicted octanol–water partition coefficient (Wildman–Crippen LogP) is 2.85. The number of carbonyl (C=O) groups is 1. The van der Waals surface area contributed by atoms with Crippen LogP contribution >= 0.6 is 0 Å². The zero-order valence-corrected chi connectivity index (χ0v) is 13.4. The average molecular weight is 287 g/mol. The molecule has 1 rings (SSSR count). The molecule has 0 saturated carbocycles. The lowest BCUT2D eigenvalue weighted by Crippen LogP contribution is -2.34. The molecule has 3 heteroatoms. The molecule has 0 radical (unpaired) electrons. The van der Waals surface area contributed by atoms with Gasteiger partial charge in [-0.2, -0.15) is 0 Å². The van der Waals surface area contributed by atoms with Crippen LogP contribution in [0.25, 0.3) is 0 Å². The first-order chi connectivity index (χ1) is 9.99. The maximum Gasteiger partial charge on any atom is 0.253 e. The van der Waals surface area contributed by atoms with Crippen LogP contribution in [0.3, 0.4) is 0 Å². The van der Waals surface area contributed by atoms with Crippen LogP contribution in [0.1, 0.15) is 48.7 Å². The van der Waals surface area contributed by atoms with Gasteiger partial charge in [-0.05, 0) is 43.5 Å². The van der Waals surface area contributed by atoms with Gasteiger partial charge in [-0.1, -0.05) is 25.7 Å². The highest BCUT2D eigenvalue weighted by Crippen LogP contribution is 2.13. The molecule has 0 aliphatic heterocycles. The van der Waals surface area contributed by atoms with Gasteiger partial charge < -0.3 is 10.0 Å². The molecule has 1 N–H and O–H groups in total. The van der Waals surface area contributed by atoms with Crippen molar-refractivity contribution in [2.45, 2.75) is 34.1 Å². The molecular weight excluding hydrogens is 262 g/mol. The molecule has 1 amide bonds. The normalized spacial score (nSPS) is 10.2. The van der Waals surface area contributed by atoms with Crippen LogP contribution in [0, 0.1) is 24.7 Å². The summed E-state index contributed by atoms with van der Waals surface area (Å²) in [7, 11) is 0. The molecule has 0 aromatic heterocycles. The molecule has 1 aromatic carbocycles. The largest absolute Gasteiger partial charge is 0.395 e. The second kappa shape index (κ2) is 8.49. The van der Waals surface area contributed by atoms with E-state index in [4.69, 9.17) is 5.11 Å². The van der Waals surface area contributed by atoms with E-state index in [-0.39, 0.29) is 12.5 Å². The van der Waals surface area contributed by atoms with E-state index >= 15 is 0 Å². The van der Waals surface area contributed by atoms with Crippen LogP contribution in [-0.4, -0.2) is 35.6 Å². The number of aliphatic hydroxyl groups is 1. The number of amides is 1. The van der Waals surface area contributed by atoms with Gasteiger partial charge in [0.1, 0.15) is 0 Å². The van der Waals surface area contributed by atoms with Crippen molar-refractivity contribution in [1.29, 1.82) is 0 Å². The van der Waals surface area contributed by atoms with Gasteiger partial charge in [0.25, 0.3) is 5.91 Å². The lowest BCUT2D eigenvalue weighted by Gasteiger charge is -2.23. The van der Waals surface area contributed by atoms with Gasteiger partial charge in [0, 0.05) is 30.6 Å². The van der Waals surface area contributed by atoms with Gasteiger partial charge in [0.15, 0.2) is 0 Å². The molecule has 3 nitrogen and oxygen atoms in total. The number of rotatable bonds is 5. The molecule has 114 valence electrons. The van der Waals surface area contributed by atoms with E-state index in [0.29, 0.717) is 24.4 Å². The number of hydrogen-bond acceptors (Lipinski definition) is 2. The zero-order valence-electron chi connectivity index (χ0n) is 13.4. The summed E-state index contributed by atoms with van der Waals surface area (Å²) < 4.78 is 0. The van der Waals surface area contributed by atoms with E-state index < -0.39 is 0 Å². The van der Waals surface area contributed by atoms with E-state index in [9.17, 15) is 4.79 Å². The standard InChI is InChI=1S/C18H25NO2/c1-5-19(13-14(2)3)18(21)17-10-9-16(15(4)12-17)8-6-7-11-20/h9-10,12,14,20H,5,7,11,13H2,1-4H3. The summed E-state index contributed by atoms with van der Waals surface area (Å²) in [5, 5.41) is 8.74. The van der Waals surface area contributed by atoms with Crippen molar-refractivity contribution >= 4 is 5.91 Å². The highest BCUT2D eigenvalue weighted by atomic mass is 16.2. The minimum absolute atomic E-state index is 0.0727. The van der Waals surface area contributed by atoms with Gasteiger partial charge in [0.05, 0.1) is 6.61 Å². The minimum Gasteiger partial charge on any atom is -0.395 e. The molecule has 0 aliphatic rings. The van der Waals surface area contributed by atoms with Gasteiger partial charge in [0.2, 0.25) is 0 Å². The third-order valence-corrected chi connectivity index (χ3v) is 3.19. The molecule has 0 unspecified atom stereocenters. The molecular formula is C18H25NO2. The molecule has 21 heavy (non-hydrogen) atoms. The Morgan fingerprint density at radius 2 is 2.10 bits per heavy atom. The van der Waals surface area contributed by atoms with Crippen molar-refractivity contribution in [2.75, 3.05) is 19.7 Å². The Bertz CT molecular complexity index is 538. The van der Waals surface area contributed by atoms with Crippen molar-refractivity contribution in [3.63, 3.8) is 0 Å². The van der Waals surface area contributed by atoms with Crippen LogP contribution in [0.4, 0.5) is 0 Å². The molecule has 0 heterocycles. The van der Waals surface area contributed by atoms with Crippen molar-refractivity contribution in [3.8, 4) is 11.8 Å². The summed E-state index contributed by atoms with van der Waals surface area (Å²) in [4.78, 5) is 14.4. The Hall–Kier alpha value is -1.79. The third kappa shape index (κ3) is 5.24. The Labute approximate surface area is 128 Å². The first kappa shape index (κ1) is 17.3. The Morgan fingerprint density at radius 3 is 2.62 bits per heavy atom. The number of nitrogens with zero attached hydrogens (tertiary/aromatic N) is 1. The number of aliphatic hydroxyl groups excluding tert-OH is 1. The SMILES string of the molecule is CCN(CC(C)C)C(=O)c1ccc(C#CCCO)c(C)c1. The fraction of sp³-hybridized carbons (Fsp3) is 0.500. The lowest BCUT2D eigenvalue weighted by atomic mass is 10.0. The maximum atomic E-state index is 12.5. The van der Waals surface area contributed by atoms with Crippen LogP contribution in [0.2, 0.25) is 0 Å². The minimum atomic E-state index is 0.0727. The molecule has 0 atom stereocenters. The monoisotopic (exact) mass is 287 g/mol. The maximum absolute atomic E-state index is 12.5. The van der Waals surface area contributed by atoms with Crippen LogP contribution in [0.5, 0.6) is 0 Å². The lowest BCUT2D eigenvalue weighted by molar-refractivity contribution is 0.0745. The molecule has 0 aliphatic carbocycles. The fourth-order valence-electron chi connectivity index (χ4n) is 2.13. The van der Waals surface area contributed by atoms with E-state index in [1.165, 1.54) is 0 Å². The topological polar surface area (TPSA) is 40.5 Å². The molecule has 1 aromatic rings. The average Bonchev–Trinajstić information content (AvgIpc) is 2.45. The highest BCUT2D eigenvalue weighted by Gasteiger charge is 2.15. The van der Waals surface area contributed by atoms with E-state index in [1.54, 1.807) is 0 Å². The van der Waals surface area contributed by atoms with Crippen LogP contribution < -0.4 is 0 Å². The first-order valence-corrected chi connectivity index (χ1v) is 7.49. The number of hydrogen-bond donors (Lipinski definition) is 1. The van der Waals surface area contributed by atoms with Gasteiger partial charge in [-0.25, -0.2) is 0 Å². The Morgan fingerprint density at radius 1 is 1.38 bits per heavy atom.